The van der Waals surface area contributed by atoms with Gasteiger partial charge in [-0.3, -0.25) is 9.79 Å². The van der Waals surface area contributed by atoms with Crippen LogP contribution in [-0.4, -0.2) is 30.9 Å². The van der Waals surface area contributed by atoms with Crippen LogP contribution in [0.3, 0.4) is 0 Å². The van der Waals surface area contributed by atoms with Crippen LogP contribution in [0, 0.1) is 5.82 Å². The zero-order chi connectivity index (χ0) is 32.0. The van der Waals surface area contributed by atoms with Crippen LogP contribution in [0.15, 0.2) is 77.8 Å². The fraction of sp³-hybridized carbons (Fsp3) is 0.281. The lowest BCUT2D eigenvalue weighted by atomic mass is 10.1. The molecule has 0 aliphatic rings. The highest BCUT2D eigenvalue weighted by atomic mass is 32.1. The van der Waals surface area contributed by atoms with Gasteiger partial charge in [0.25, 0.3) is 0 Å². The minimum atomic E-state index is -4.43. The van der Waals surface area contributed by atoms with Gasteiger partial charge in [0.2, 0.25) is 0 Å². The molecule has 0 aliphatic carbocycles. The first-order valence-corrected chi connectivity index (χ1v) is 14.6. The number of alkyl halides is 3. The van der Waals surface area contributed by atoms with Crippen LogP contribution in [-0.2, 0) is 40.2 Å². The van der Waals surface area contributed by atoms with Crippen molar-refractivity contribution in [2.24, 2.45) is 4.99 Å². The zero-order valence-corrected chi connectivity index (χ0v) is 25.3. The van der Waals surface area contributed by atoms with Crippen molar-refractivity contribution in [3.8, 4) is 16.3 Å². The van der Waals surface area contributed by atoms with Gasteiger partial charge in [-0.15, -0.1) is 11.3 Å². The summed E-state index contributed by atoms with van der Waals surface area (Å²) in [6.07, 6.45) is -3.22. The molecule has 0 atom stereocenters. The Hall–Kier alpha value is -4.29. The summed E-state index contributed by atoms with van der Waals surface area (Å²) in [5, 5.41) is 0.550. The number of carbonyl (C=O) groups excluding carboxylic acids is 1. The number of aryl methyl sites for hydroxylation is 1. The van der Waals surface area contributed by atoms with Gasteiger partial charge in [0, 0.05) is 25.3 Å². The molecule has 0 spiro atoms. The van der Waals surface area contributed by atoms with Crippen molar-refractivity contribution in [3.63, 3.8) is 0 Å². The molecule has 0 aliphatic heterocycles. The van der Waals surface area contributed by atoms with E-state index in [0.29, 0.717) is 36.6 Å². The summed E-state index contributed by atoms with van der Waals surface area (Å²) < 4.78 is 65.5. The number of nitrogens with one attached hydrogen (secondary N) is 1. The van der Waals surface area contributed by atoms with Gasteiger partial charge in [-0.25, -0.2) is 14.9 Å². The van der Waals surface area contributed by atoms with Gasteiger partial charge >= 0.3 is 12.6 Å². The molecule has 12 heteroatoms. The molecular weight excluding hydrogens is 598 g/mol. The number of halogens is 4. The van der Waals surface area contributed by atoms with E-state index in [1.165, 1.54) is 42.6 Å². The van der Waals surface area contributed by atoms with Gasteiger partial charge in [0.15, 0.2) is 5.84 Å². The fourth-order valence-corrected chi connectivity index (χ4v) is 4.98. The van der Waals surface area contributed by atoms with E-state index >= 15 is 0 Å². The summed E-state index contributed by atoms with van der Waals surface area (Å²) in [4.78, 5) is 24.2. The lowest BCUT2D eigenvalue weighted by Crippen LogP contribution is -2.25. The molecule has 0 saturated heterocycles. The largest absolute Gasteiger partial charge is 0.488 e. The van der Waals surface area contributed by atoms with Crippen molar-refractivity contribution < 1.29 is 36.7 Å². The third-order valence-electron chi connectivity index (χ3n) is 6.04. The van der Waals surface area contributed by atoms with Crippen LogP contribution < -0.4 is 10.2 Å². The third-order valence-corrected chi connectivity index (χ3v) is 7.16. The molecule has 0 radical (unpaired) electrons. The maximum absolute atomic E-state index is 14.8. The number of benzene rings is 3. The molecule has 1 N–H and O–H groups in total. The Balaban J connectivity index is 0.00000259. The lowest BCUT2D eigenvalue weighted by molar-refractivity contribution is -0.137. The standard InChI is InChI=1S/C30H27F4N3O4S.C2H6/c1-35-28(37-41-19-38)24-14-13-23(16-25(24)31)40-18-27-26(8-5-15-39-17-20-6-3-2-4-7-20)36-29(42-27)21-9-11-22(12-10-21)30(32,33)34;1-2/h2-4,6-7,9-14,16,19H,5,8,15,17-18H2,1H3,(H,35,37);1-2H3. The van der Waals surface area contributed by atoms with E-state index in [1.807, 2.05) is 44.2 Å². The molecule has 3 aromatic carbocycles. The van der Waals surface area contributed by atoms with Gasteiger partial charge in [0.05, 0.1) is 28.3 Å². The number of aromatic nitrogens is 1. The number of thiazole rings is 1. The molecule has 1 heterocycles. The molecule has 4 rings (SSSR count). The van der Waals surface area contributed by atoms with Crippen LogP contribution in [0.4, 0.5) is 17.6 Å². The van der Waals surface area contributed by atoms with E-state index in [1.54, 1.807) is 6.07 Å². The first kappa shape index (κ1) is 34.2. The molecule has 0 amide bonds. The monoisotopic (exact) mass is 631 g/mol. The average Bonchev–Trinajstić information content (AvgIpc) is 3.45. The number of hydrogen-bond donors (Lipinski definition) is 1. The molecule has 7 nitrogen and oxygen atoms in total. The Kier molecular flexibility index (Phi) is 13.3. The Morgan fingerprint density at radius 3 is 2.39 bits per heavy atom. The second-order valence-corrected chi connectivity index (χ2v) is 10.0. The highest BCUT2D eigenvalue weighted by Gasteiger charge is 2.30. The molecule has 0 fully saturated rings. The molecule has 0 saturated carbocycles. The van der Waals surface area contributed by atoms with Crippen LogP contribution >= 0.6 is 11.3 Å². The highest BCUT2D eigenvalue weighted by Crippen LogP contribution is 2.34. The van der Waals surface area contributed by atoms with E-state index in [-0.39, 0.29) is 30.2 Å². The van der Waals surface area contributed by atoms with Crippen molar-refractivity contribution in [1.29, 1.82) is 0 Å². The minimum Gasteiger partial charge on any atom is -0.488 e. The topological polar surface area (TPSA) is 82.0 Å². The van der Waals surface area contributed by atoms with Crippen LogP contribution in [0.25, 0.3) is 10.6 Å². The average molecular weight is 632 g/mol. The molecular formula is C32H33F4N3O4S. The number of nitrogens with zero attached hydrogens (tertiary/aromatic N) is 2. The van der Waals surface area contributed by atoms with Crippen molar-refractivity contribution in [1.82, 2.24) is 10.5 Å². The summed E-state index contributed by atoms with van der Waals surface area (Å²) >= 11 is 1.30. The number of hydrogen-bond acceptors (Lipinski definition) is 7. The minimum absolute atomic E-state index is 0.0200. The fourth-order valence-electron chi connectivity index (χ4n) is 3.95. The maximum Gasteiger partial charge on any atom is 0.416 e. The number of carbonyl (C=O) groups is 1. The van der Waals surface area contributed by atoms with Crippen molar-refractivity contribution in [2.45, 2.75) is 46.1 Å². The number of rotatable bonds is 13. The molecule has 44 heavy (non-hydrogen) atoms. The quantitative estimate of drug-likeness (QED) is 0.0406. The normalized spacial score (nSPS) is 11.4. The number of aliphatic imine (C=N–C) groups is 1. The smallest absolute Gasteiger partial charge is 0.416 e. The highest BCUT2D eigenvalue weighted by molar-refractivity contribution is 7.15. The van der Waals surface area contributed by atoms with Crippen LogP contribution in [0.2, 0.25) is 0 Å². The molecule has 0 unspecified atom stereocenters. The summed E-state index contributed by atoms with van der Waals surface area (Å²) in [5.41, 5.74) is 3.92. The molecule has 0 bridgehead atoms. The van der Waals surface area contributed by atoms with Crippen LogP contribution in [0.5, 0.6) is 5.75 Å². The summed E-state index contributed by atoms with van der Waals surface area (Å²) in [7, 11) is 1.41. The second kappa shape index (κ2) is 17.1. The van der Waals surface area contributed by atoms with Crippen LogP contribution in [0.1, 0.15) is 47.5 Å². The van der Waals surface area contributed by atoms with E-state index in [4.69, 9.17) is 14.5 Å². The van der Waals surface area contributed by atoms with Gasteiger partial charge in [-0.1, -0.05) is 56.3 Å². The Morgan fingerprint density at radius 2 is 1.75 bits per heavy atom. The van der Waals surface area contributed by atoms with Crippen molar-refractivity contribution in [3.05, 3.63) is 106 Å². The predicted molar refractivity (Wildman–Crippen MR) is 162 cm³/mol. The van der Waals surface area contributed by atoms with E-state index in [9.17, 15) is 22.4 Å². The van der Waals surface area contributed by atoms with E-state index in [0.717, 1.165) is 28.3 Å². The van der Waals surface area contributed by atoms with Crippen molar-refractivity contribution >= 4 is 23.6 Å². The van der Waals surface area contributed by atoms with E-state index < -0.39 is 17.6 Å². The molecule has 1 aromatic heterocycles. The number of amidine groups is 1. The number of ether oxygens (including phenoxy) is 2. The molecule has 234 valence electrons. The molecule has 4 aromatic rings. The number of hydroxylamine groups is 1. The van der Waals surface area contributed by atoms with E-state index in [2.05, 4.69) is 15.3 Å². The SMILES string of the molecule is CC.CN=C(NOC=O)c1ccc(OCc2sc(-c3ccc(C(F)(F)F)cc3)nc2CCCOCc2ccccc2)cc1F. The summed E-state index contributed by atoms with van der Waals surface area (Å²) in [5.74, 6) is -0.392. The van der Waals surface area contributed by atoms with Gasteiger partial charge in [-0.05, 0) is 42.7 Å². The Bertz CT molecular complexity index is 1490. The van der Waals surface area contributed by atoms with Gasteiger partial charge in [-0.2, -0.15) is 13.2 Å². The predicted octanol–water partition coefficient (Wildman–Crippen LogP) is 7.78. The van der Waals surface area contributed by atoms with Gasteiger partial charge < -0.3 is 14.3 Å². The summed E-state index contributed by atoms with van der Waals surface area (Å²) in [6.45, 7) is 5.19. The summed E-state index contributed by atoms with van der Waals surface area (Å²) in [6, 6.07) is 18.8. The third kappa shape index (κ3) is 9.88. The first-order valence-electron chi connectivity index (χ1n) is 13.8. The Morgan fingerprint density at radius 1 is 1.02 bits per heavy atom. The van der Waals surface area contributed by atoms with Gasteiger partial charge in [0.1, 0.15) is 23.2 Å². The Labute approximate surface area is 257 Å². The second-order valence-electron chi connectivity index (χ2n) is 8.92. The maximum atomic E-state index is 14.8. The zero-order valence-electron chi connectivity index (χ0n) is 24.5. The van der Waals surface area contributed by atoms with Crippen molar-refractivity contribution in [2.75, 3.05) is 13.7 Å². The first-order chi connectivity index (χ1) is 21.3. The lowest BCUT2D eigenvalue weighted by Gasteiger charge is -2.10.